The van der Waals surface area contributed by atoms with E-state index in [9.17, 15) is 19.1 Å². The Hall–Kier alpha value is -2.70. The molecule has 0 radical (unpaired) electrons. The van der Waals surface area contributed by atoms with Crippen LogP contribution in [0.15, 0.2) is 35.3 Å². The van der Waals surface area contributed by atoms with Gasteiger partial charge in [-0.2, -0.15) is 5.10 Å². The third-order valence-corrected chi connectivity index (χ3v) is 4.73. The van der Waals surface area contributed by atoms with Crippen LogP contribution < -0.4 is 10.3 Å². The van der Waals surface area contributed by atoms with E-state index >= 15 is 0 Å². The second kappa shape index (κ2) is 7.68. The number of benzene rings is 1. The lowest BCUT2D eigenvalue weighted by Gasteiger charge is -2.18. The Morgan fingerprint density at radius 2 is 2.12 bits per heavy atom. The zero-order valence-corrected chi connectivity index (χ0v) is 14.5. The number of aliphatic carboxylic acids is 1. The minimum Gasteiger partial charge on any atom is -0.480 e. The van der Waals surface area contributed by atoms with E-state index in [-0.39, 0.29) is 11.5 Å². The van der Waals surface area contributed by atoms with E-state index in [1.807, 2.05) is 0 Å². The van der Waals surface area contributed by atoms with Crippen LogP contribution in [-0.4, -0.2) is 20.9 Å². The summed E-state index contributed by atoms with van der Waals surface area (Å²) in [4.78, 5) is 24.0. The highest BCUT2D eigenvalue weighted by Gasteiger charge is 2.28. The van der Waals surface area contributed by atoms with Crippen LogP contribution in [0.4, 0.5) is 4.39 Å². The molecule has 0 bridgehead atoms. The van der Waals surface area contributed by atoms with Crippen LogP contribution in [0.1, 0.15) is 43.7 Å². The quantitative estimate of drug-likeness (QED) is 0.850. The molecule has 1 aliphatic carbocycles. The predicted octanol–water partition coefficient (Wildman–Crippen LogP) is 3.69. The lowest BCUT2D eigenvalue weighted by molar-refractivity contribution is -0.142. The van der Waals surface area contributed by atoms with Crippen molar-refractivity contribution in [1.82, 2.24) is 9.78 Å². The molecule has 138 valence electrons. The summed E-state index contributed by atoms with van der Waals surface area (Å²) in [6.07, 6.45) is 5.77. The summed E-state index contributed by atoms with van der Waals surface area (Å²) in [6, 6.07) is 4.54. The second-order valence-electron chi connectivity index (χ2n) is 6.75. The lowest BCUT2D eigenvalue weighted by Crippen LogP contribution is -2.32. The second-order valence-corrected chi connectivity index (χ2v) is 6.75. The van der Waals surface area contributed by atoms with Gasteiger partial charge in [0.15, 0.2) is 23.4 Å². The molecule has 7 heteroatoms. The molecule has 26 heavy (non-hydrogen) atoms. The first-order chi connectivity index (χ1) is 12.4. The van der Waals surface area contributed by atoms with E-state index in [2.05, 4.69) is 5.10 Å². The molecule has 0 amide bonds. The third-order valence-electron chi connectivity index (χ3n) is 4.73. The van der Waals surface area contributed by atoms with Crippen LogP contribution in [0.25, 0.3) is 0 Å². The van der Waals surface area contributed by atoms with Crippen molar-refractivity contribution in [1.29, 1.82) is 0 Å². The molecule has 2 aromatic rings. The van der Waals surface area contributed by atoms with Crippen LogP contribution >= 0.6 is 0 Å². The molecule has 0 aliphatic heterocycles. The largest absolute Gasteiger partial charge is 0.480 e. The number of ether oxygens (including phenoxy) is 1. The van der Waals surface area contributed by atoms with Gasteiger partial charge in [0.25, 0.3) is 5.56 Å². The number of halogens is 1. The van der Waals surface area contributed by atoms with Gasteiger partial charge in [-0.3, -0.25) is 4.79 Å². The molecule has 1 fully saturated rings. The molecule has 1 heterocycles. The highest BCUT2D eigenvalue weighted by molar-refractivity contribution is 5.71. The van der Waals surface area contributed by atoms with Gasteiger partial charge in [0, 0.05) is 6.07 Å². The van der Waals surface area contributed by atoms with Crippen LogP contribution in [0.2, 0.25) is 0 Å². The smallest absolute Gasteiger partial charge is 0.328 e. The van der Waals surface area contributed by atoms with E-state index < -0.39 is 23.4 Å². The zero-order chi connectivity index (χ0) is 18.7. The number of hydrogen-bond acceptors (Lipinski definition) is 4. The molecule has 3 rings (SSSR count). The third kappa shape index (κ3) is 4.09. The molecule has 6 nitrogen and oxygen atoms in total. The maximum Gasteiger partial charge on any atom is 0.328 e. The van der Waals surface area contributed by atoms with Gasteiger partial charge in [-0.15, -0.1) is 0 Å². The van der Waals surface area contributed by atoms with Crippen molar-refractivity contribution >= 4 is 5.97 Å². The summed E-state index contributed by atoms with van der Waals surface area (Å²) in [5, 5.41) is 13.5. The standard InChI is InChI=1S/C19H21FN2O4/c1-12-6-7-15(20)17(8-12)26-14-10-18(23)22(21-11-14)16(19(24)25)9-13-4-2-3-5-13/h6-8,10-11,13,16H,2-5,9H2,1H3,(H,24,25). The Bertz CT molecular complexity index is 859. The van der Waals surface area contributed by atoms with Crippen molar-refractivity contribution in [3.63, 3.8) is 0 Å². The number of carbonyl (C=O) groups is 1. The Morgan fingerprint density at radius 3 is 2.77 bits per heavy atom. The van der Waals surface area contributed by atoms with E-state index in [0.717, 1.165) is 42.0 Å². The number of rotatable bonds is 6. The van der Waals surface area contributed by atoms with Crippen molar-refractivity contribution in [2.24, 2.45) is 5.92 Å². The van der Waals surface area contributed by atoms with E-state index in [4.69, 9.17) is 4.74 Å². The fourth-order valence-electron chi connectivity index (χ4n) is 3.37. The molecule has 1 atom stereocenters. The topological polar surface area (TPSA) is 81.4 Å². The Labute approximate surface area is 150 Å². The van der Waals surface area contributed by atoms with Gasteiger partial charge in [-0.1, -0.05) is 31.7 Å². The molecular weight excluding hydrogens is 339 g/mol. The van der Waals surface area contributed by atoms with Crippen molar-refractivity contribution in [3.8, 4) is 11.5 Å². The van der Waals surface area contributed by atoms with Crippen molar-refractivity contribution < 1.29 is 19.0 Å². The SMILES string of the molecule is Cc1ccc(F)c(Oc2cnn(C(CC3CCCC3)C(=O)O)c(=O)c2)c1. The fourth-order valence-corrected chi connectivity index (χ4v) is 3.37. The molecule has 0 saturated heterocycles. The zero-order valence-electron chi connectivity index (χ0n) is 14.5. The number of nitrogens with zero attached hydrogens (tertiary/aromatic N) is 2. The van der Waals surface area contributed by atoms with Crippen LogP contribution in [-0.2, 0) is 4.79 Å². The average Bonchev–Trinajstić information content (AvgIpc) is 3.10. The number of aryl methyl sites for hydroxylation is 1. The summed E-state index contributed by atoms with van der Waals surface area (Å²) in [6.45, 7) is 1.79. The number of hydrogen-bond donors (Lipinski definition) is 1. The van der Waals surface area contributed by atoms with Gasteiger partial charge in [-0.25, -0.2) is 13.9 Å². The van der Waals surface area contributed by atoms with E-state index in [1.165, 1.54) is 18.3 Å². The van der Waals surface area contributed by atoms with Crippen molar-refractivity contribution in [2.45, 2.75) is 45.1 Å². The van der Waals surface area contributed by atoms with Crippen LogP contribution in [0, 0.1) is 18.7 Å². The molecule has 1 saturated carbocycles. The number of carboxylic acid groups (broad SMARTS) is 1. The highest BCUT2D eigenvalue weighted by atomic mass is 19.1. The molecule has 1 aromatic carbocycles. The minimum absolute atomic E-state index is 0.00955. The summed E-state index contributed by atoms with van der Waals surface area (Å²) >= 11 is 0. The first-order valence-electron chi connectivity index (χ1n) is 8.69. The fraction of sp³-hybridized carbons (Fsp3) is 0.421. The van der Waals surface area contributed by atoms with E-state index in [1.54, 1.807) is 13.0 Å². The minimum atomic E-state index is -1.08. The van der Waals surface area contributed by atoms with Crippen molar-refractivity contribution in [2.75, 3.05) is 0 Å². The average molecular weight is 360 g/mol. The molecule has 0 spiro atoms. The normalized spacial score (nSPS) is 15.8. The van der Waals surface area contributed by atoms with Gasteiger partial charge in [0.2, 0.25) is 0 Å². The van der Waals surface area contributed by atoms with Gasteiger partial charge in [0.05, 0.1) is 6.20 Å². The summed E-state index contributed by atoms with van der Waals surface area (Å²) in [5.74, 6) is -1.28. The van der Waals surface area contributed by atoms with Gasteiger partial charge >= 0.3 is 5.97 Å². The first-order valence-corrected chi connectivity index (χ1v) is 8.69. The first kappa shape index (κ1) is 18.1. The van der Waals surface area contributed by atoms with Crippen molar-refractivity contribution in [3.05, 3.63) is 52.2 Å². The summed E-state index contributed by atoms with van der Waals surface area (Å²) < 4.78 is 20.2. The maximum absolute atomic E-state index is 13.8. The highest BCUT2D eigenvalue weighted by Crippen LogP contribution is 2.31. The van der Waals surface area contributed by atoms with Gasteiger partial charge < -0.3 is 9.84 Å². The van der Waals surface area contributed by atoms with Crippen LogP contribution in [0.3, 0.4) is 0 Å². The molecule has 1 aliphatic rings. The lowest BCUT2D eigenvalue weighted by atomic mass is 9.98. The molecular formula is C19H21FN2O4. The number of aromatic nitrogens is 2. The predicted molar refractivity (Wildman–Crippen MR) is 93.0 cm³/mol. The number of carboxylic acids is 1. The summed E-state index contributed by atoms with van der Waals surface area (Å²) in [7, 11) is 0. The molecule has 1 aromatic heterocycles. The molecule has 1 N–H and O–H groups in total. The van der Waals surface area contributed by atoms with Gasteiger partial charge in [0.1, 0.15) is 0 Å². The van der Waals surface area contributed by atoms with Gasteiger partial charge in [-0.05, 0) is 37.0 Å². The van der Waals surface area contributed by atoms with E-state index in [0.29, 0.717) is 12.3 Å². The Balaban J connectivity index is 1.82. The Morgan fingerprint density at radius 1 is 1.38 bits per heavy atom. The monoisotopic (exact) mass is 360 g/mol. The van der Waals surface area contributed by atoms with Crippen LogP contribution in [0.5, 0.6) is 11.5 Å². The Kier molecular flexibility index (Phi) is 5.35. The maximum atomic E-state index is 13.8. The molecule has 1 unspecified atom stereocenters. The summed E-state index contributed by atoms with van der Waals surface area (Å²) in [5.41, 5.74) is 0.228.